The highest BCUT2D eigenvalue weighted by Gasteiger charge is 2.59. The van der Waals surface area contributed by atoms with Crippen molar-refractivity contribution in [3.05, 3.63) is 0 Å². The third-order valence-corrected chi connectivity index (χ3v) is 9.40. The van der Waals surface area contributed by atoms with Crippen LogP contribution in [0.3, 0.4) is 0 Å². The predicted molar refractivity (Wildman–Crippen MR) is 90.1 cm³/mol. The van der Waals surface area contributed by atoms with Crippen LogP contribution in [0.1, 0.15) is 85.5 Å². The molecule has 0 aliphatic heterocycles. The van der Waals surface area contributed by atoms with Gasteiger partial charge in [0.1, 0.15) is 0 Å². The van der Waals surface area contributed by atoms with Gasteiger partial charge in [-0.3, -0.25) is 0 Å². The van der Waals surface area contributed by atoms with Crippen LogP contribution in [0.2, 0.25) is 0 Å². The molecule has 8 atom stereocenters. The van der Waals surface area contributed by atoms with Crippen molar-refractivity contribution in [3.8, 4) is 0 Å². The molecule has 0 N–H and O–H groups in total. The zero-order valence-electron chi connectivity index (χ0n) is 14.8. The minimum absolute atomic E-state index is 0.701. The fourth-order valence-corrected chi connectivity index (χ4v) is 7.74. The molecule has 0 aromatic carbocycles. The van der Waals surface area contributed by atoms with Gasteiger partial charge in [0.2, 0.25) is 0 Å². The van der Waals surface area contributed by atoms with Crippen LogP contribution in [-0.2, 0) is 0 Å². The number of fused-ring (bicyclic) bond motifs is 5. The van der Waals surface area contributed by atoms with E-state index in [-0.39, 0.29) is 0 Å². The van der Waals surface area contributed by atoms with Crippen LogP contribution in [-0.4, -0.2) is 0 Å². The van der Waals surface area contributed by atoms with Crippen LogP contribution >= 0.6 is 0 Å². The van der Waals surface area contributed by atoms with Gasteiger partial charge >= 0.3 is 0 Å². The van der Waals surface area contributed by atoms with E-state index in [1.165, 1.54) is 25.7 Å². The van der Waals surface area contributed by atoms with Crippen molar-refractivity contribution in [1.29, 1.82) is 0 Å². The lowest BCUT2D eigenvalue weighted by Crippen LogP contribution is -2.53. The molecule has 21 heavy (non-hydrogen) atoms. The Bertz CT molecular complexity index is 412. The van der Waals surface area contributed by atoms with Gasteiger partial charge in [-0.25, -0.2) is 0 Å². The molecule has 0 heterocycles. The SMILES string of the molecule is CC1CCC2C3CCC4C[C@@H](C)CCC4(C)C3CCC12C. The molecule has 4 saturated carbocycles. The summed E-state index contributed by atoms with van der Waals surface area (Å²) in [4.78, 5) is 0. The van der Waals surface area contributed by atoms with Gasteiger partial charge in [-0.05, 0) is 97.7 Å². The van der Waals surface area contributed by atoms with Crippen LogP contribution in [0.4, 0.5) is 0 Å². The summed E-state index contributed by atoms with van der Waals surface area (Å²) in [6.07, 6.45) is 13.9. The first-order valence-corrected chi connectivity index (χ1v) is 9.95. The third-order valence-electron chi connectivity index (χ3n) is 9.40. The first-order valence-electron chi connectivity index (χ1n) is 9.95. The molecule has 0 saturated heterocycles. The lowest BCUT2D eigenvalue weighted by molar-refractivity contribution is -0.115. The molecule has 0 nitrogen and oxygen atoms in total. The molecule has 7 unspecified atom stereocenters. The van der Waals surface area contributed by atoms with E-state index in [1.807, 2.05) is 0 Å². The van der Waals surface area contributed by atoms with Crippen LogP contribution in [0, 0.1) is 46.3 Å². The standard InChI is InChI=1S/C21H36/c1-14-9-11-21(4)16(13-14)6-7-17-18-8-5-15(2)20(18,3)12-10-19(17)21/h14-19H,5-13H2,1-4H3/t14-,15?,16?,17?,18?,19?,20?,21?/m0/s1. The highest BCUT2D eigenvalue weighted by molar-refractivity contribution is 5.08. The van der Waals surface area contributed by atoms with E-state index in [2.05, 4.69) is 27.7 Å². The van der Waals surface area contributed by atoms with Gasteiger partial charge in [0.15, 0.2) is 0 Å². The molecule has 4 aliphatic rings. The van der Waals surface area contributed by atoms with Crippen molar-refractivity contribution < 1.29 is 0 Å². The van der Waals surface area contributed by atoms with Gasteiger partial charge in [0.25, 0.3) is 0 Å². The molecule has 0 amide bonds. The van der Waals surface area contributed by atoms with Crippen LogP contribution in [0.5, 0.6) is 0 Å². The Morgan fingerprint density at radius 3 is 2.24 bits per heavy atom. The fraction of sp³-hybridized carbons (Fsp3) is 1.00. The second-order valence-electron chi connectivity index (χ2n) is 10.1. The Morgan fingerprint density at radius 1 is 0.714 bits per heavy atom. The van der Waals surface area contributed by atoms with Crippen molar-refractivity contribution >= 4 is 0 Å². The molecule has 0 aromatic rings. The summed E-state index contributed by atoms with van der Waals surface area (Å²) < 4.78 is 0. The maximum atomic E-state index is 2.71. The molecule has 4 rings (SSSR count). The largest absolute Gasteiger partial charge is 0.0625 e. The Kier molecular flexibility index (Phi) is 3.30. The van der Waals surface area contributed by atoms with E-state index in [1.54, 1.807) is 32.1 Å². The van der Waals surface area contributed by atoms with Crippen LogP contribution < -0.4 is 0 Å². The number of hydrogen-bond donors (Lipinski definition) is 0. The molecular formula is C21H36. The first kappa shape index (κ1) is 14.6. The quantitative estimate of drug-likeness (QED) is 0.490. The minimum Gasteiger partial charge on any atom is -0.0625 e. The van der Waals surface area contributed by atoms with E-state index < -0.39 is 0 Å². The van der Waals surface area contributed by atoms with Gasteiger partial charge in [0, 0.05) is 0 Å². The molecule has 0 spiro atoms. The Labute approximate surface area is 132 Å². The summed E-state index contributed by atoms with van der Waals surface area (Å²) in [7, 11) is 0. The van der Waals surface area contributed by atoms with E-state index in [4.69, 9.17) is 0 Å². The summed E-state index contributed by atoms with van der Waals surface area (Å²) >= 11 is 0. The summed E-state index contributed by atoms with van der Waals surface area (Å²) in [5.41, 5.74) is 1.41. The van der Waals surface area contributed by atoms with Crippen molar-refractivity contribution in [2.75, 3.05) is 0 Å². The van der Waals surface area contributed by atoms with E-state index in [9.17, 15) is 0 Å². The van der Waals surface area contributed by atoms with Crippen molar-refractivity contribution in [1.82, 2.24) is 0 Å². The smallest absolute Gasteiger partial charge is 0.0266 e. The molecule has 0 bridgehead atoms. The average molecular weight is 289 g/mol. The highest BCUT2D eigenvalue weighted by Crippen LogP contribution is 2.67. The average Bonchev–Trinajstić information content (AvgIpc) is 2.76. The molecule has 0 radical (unpaired) electrons. The summed E-state index contributed by atoms with van der Waals surface area (Å²) in [6, 6.07) is 0. The summed E-state index contributed by atoms with van der Waals surface area (Å²) in [5.74, 6) is 6.28. The molecule has 120 valence electrons. The Morgan fingerprint density at radius 2 is 1.43 bits per heavy atom. The van der Waals surface area contributed by atoms with Gasteiger partial charge in [0.05, 0.1) is 0 Å². The number of hydrogen-bond acceptors (Lipinski definition) is 0. The van der Waals surface area contributed by atoms with Gasteiger partial charge in [-0.2, -0.15) is 0 Å². The van der Waals surface area contributed by atoms with Crippen molar-refractivity contribution in [3.63, 3.8) is 0 Å². The van der Waals surface area contributed by atoms with Crippen molar-refractivity contribution in [2.24, 2.45) is 46.3 Å². The van der Waals surface area contributed by atoms with Gasteiger partial charge in [-0.15, -0.1) is 0 Å². The Balaban J connectivity index is 1.62. The van der Waals surface area contributed by atoms with E-state index in [0.29, 0.717) is 10.8 Å². The lowest BCUT2D eigenvalue weighted by atomic mass is 9.44. The topological polar surface area (TPSA) is 0 Å². The normalized spacial score (nSPS) is 60.0. The lowest BCUT2D eigenvalue weighted by Gasteiger charge is -2.61. The van der Waals surface area contributed by atoms with Crippen LogP contribution in [0.25, 0.3) is 0 Å². The monoisotopic (exact) mass is 288 g/mol. The maximum absolute atomic E-state index is 2.71. The Hall–Kier alpha value is 0. The summed E-state index contributed by atoms with van der Waals surface area (Å²) in [5, 5.41) is 0. The van der Waals surface area contributed by atoms with E-state index >= 15 is 0 Å². The summed E-state index contributed by atoms with van der Waals surface area (Å²) in [6.45, 7) is 10.4. The van der Waals surface area contributed by atoms with Crippen molar-refractivity contribution in [2.45, 2.75) is 85.5 Å². The zero-order valence-corrected chi connectivity index (χ0v) is 14.8. The highest BCUT2D eigenvalue weighted by atomic mass is 14.6. The minimum atomic E-state index is 0.701. The zero-order chi connectivity index (χ0) is 14.8. The van der Waals surface area contributed by atoms with Gasteiger partial charge < -0.3 is 0 Å². The first-order chi connectivity index (χ1) is 9.95. The molecule has 0 heteroatoms. The molecule has 0 aromatic heterocycles. The maximum Gasteiger partial charge on any atom is -0.0266 e. The second-order valence-corrected chi connectivity index (χ2v) is 10.1. The molecule has 4 aliphatic carbocycles. The third kappa shape index (κ3) is 1.93. The number of rotatable bonds is 0. The molecule has 4 fully saturated rings. The second kappa shape index (κ2) is 4.75. The van der Waals surface area contributed by atoms with Crippen LogP contribution in [0.15, 0.2) is 0 Å². The van der Waals surface area contributed by atoms with Gasteiger partial charge in [-0.1, -0.05) is 34.1 Å². The predicted octanol–water partition coefficient (Wildman–Crippen LogP) is 6.30. The van der Waals surface area contributed by atoms with E-state index in [0.717, 1.165) is 35.5 Å². The fourth-order valence-electron chi connectivity index (χ4n) is 7.74. The molecular weight excluding hydrogens is 252 g/mol.